The van der Waals surface area contributed by atoms with E-state index in [0.29, 0.717) is 6.04 Å². The third-order valence-electron chi connectivity index (χ3n) is 4.43. The van der Waals surface area contributed by atoms with Crippen LogP contribution >= 0.6 is 12.4 Å². The first-order valence-corrected chi connectivity index (χ1v) is 7.47. The van der Waals surface area contributed by atoms with Crippen LogP contribution in [0.1, 0.15) is 48.5 Å². The highest BCUT2D eigenvalue weighted by Crippen LogP contribution is 2.27. The highest BCUT2D eigenvalue weighted by molar-refractivity contribution is 5.95. The lowest BCUT2D eigenvalue weighted by atomic mass is 10.1. The molecule has 1 aromatic rings. The molecule has 3 nitrogen and oxygen atoms in total. The maximum Gasteiger partial charge on any atom is 0.254 e. The number of nitrogens with zero attached hydrogens (tertiary/aromatic N) is 1. The molecule has 1 aliphatic heterocycles. The maximum atomic E-state index is 12.7. The number of fused-ring (bicyclic) bond motifs is 1. The fourth-order valence-corrected chi connectivity index (χ4v) is 3.39. The van der Waals surface area contributed by atoms with Gasteiger partial charge in [-0.2, -0.15) is 0 Å². The number of halogens is 1. The molecule has 1 N–H and O–H groups in total. The molecule has 1 aromatic carbocycles. The summed E-state index contributed by atoms with van der Waals surface area (Å²) in [7, 11) is 0. The van der Waals surface area contributed by atoms with Gasteiger partial charge in [0, 0.05) is 30.4 Å². The van der Waals surface area contributed by atoms with E-state index >= 15 is 0 Å². The molecule has 0 unspecified atom stereocenters. The standard InChI is InChI=1S/C16H22N2O.ClH/c1-2-18(14-5-3-4-6-14)16(19)13-7-8-15-12(11-13)9-10-17-15;/h7-8,11,14,17H,2-6,9-10H2,1H3;1H. The molecule has 0 bridgehead atoms. The Balaban J connectivity index is 0.00000147. The van der Waals surface area contributed by atoms with Crippen molar-refractivity contribution in [2.45, 2.75) is 45.1 Å². The van der Waals surface area contributed by atoms with Crippen LogP contribution in [0.25, 0.3) is 0 Å². The van der Waals surface area contributed by atoms with Gasteiger partial charge >= 0.3 is 0 Å². The van der Waals surface area contributed by atoms with Crippen molar-refractivity contribution in [1.82, 2.24) is 4.90 Å². The fraction of sp³-hybridized carbons (Fsp3) is 0.562. The monoisotopic (exact) mass is 294 g/mol. The molecular weight excluding hydrogens is 272 g/mol. The summed E-state index contributed by atoms with van der Waals surface area (Å²) in [6.07, 6.45) is 5.91. The molecule has 1 fully saturated rings. The lowest BCUT2D eigenvalue weighted by Gasteiger charge is -2.28. The Morgan fingerprint density at radius 3 is 2.80 bits per heavy atom. The minimum Gasteiger partial charge on any atom is -0.384 e. The van der Waals surface area contributed by atoms with Gasteiger partial charge in [-0.1, -0.05) is 12.8 Å². The van der Waals surface area contributed by atoms with Crippen molar-refractivity contribution in [2.75, 3.05) is 18.4 Å². The lowest BCUT2D eigenvalue weighted by Crippen LogP contribution is -2.38. The zero-order valence-electron chi connectivity index (χ0n) is 12.0. The molecule has 4 heteroatoms. The molecule has 0 atom stereocenters. The van der Waals surface area contributed by atoms with Gasteiger partial charge in [0.25, 0.3) is 5.91 Å². The summed E-state index contributed by atoms with van der Waals surface area (Å²) < 4.78 is 0. The van der Waals surface area contributed by atoms with Crippen molar-refractivity contribution < 1.29 is 4.79 Å². The molecular formula is C16H23ClN2O. The van der Waals surface area contributed by atoms with Crippen LogP contribution in [0.2, 0.25) is 0 Å². The van der Waals surface area contributed by atoms with E-state index in [1.807, 2.05) is 6.07 Å². The number of nitrogens with one attached hydrogen (secondary N) is 1. The summed E-state index contributed by atoms with van der Waals surface area (Å²) in [5.41, 5.74) is 3.34. The molecule has 0 saturated heterocycles. The number of anilines is 1. The van der Waals surface area contributed by atoms with Gasteiger partial charge in [0.15, 0.2) is 0 Å². The Kier molecular flexibility index (Phi) is 4.92. The van der Waals surface area contributed by atoms with Gasteiger partial charge in [0.2, 0.25) is 0 Å². The molecule has 2 aliphatic rings. The molecule has 110 valence electrons. The average molecular weight is 295 g/mol. The van der Waals surface area contributed by atoms with Gasteiger partial charge in [-0.3, -0.25) is 4.79 Å². The number of carbonyl (C=O) groups excluding carboxylic acids is 1. The van der Waals surface area contributed by atoms with Gasteiger partial charge in [0.1, 0.15) is 0 Å². The number of hydrogen-bond acceptors (Lipinski definition) is 2. The minimum atomic E-state index is 0. The number of carbonyl (C=O) groups is 1. The summed E-state index contributed by atoms with van der Waals surface area (Å²) >= 11 is 0. The quantitative estimate of drug-likeness (QED) is 0.925. The topological polar surface area (TPSA) is 32.3 Å². The fourth-order valence-electron chi connectivity index (χ4n) is 3.39. The Morgan fingerprint density at radius 1 is 1.35 bits per heavy atom. The van der Waals surface area contributed by atoms with Crippen molar-refractivity contribution >= 4 is 24.0 Å². The Bertz CT molecular complexity index is 483. The van der Waals surface area contributed by atoms with E-state index in [1.165, 1.54) is 36.9 Å². The van der Waals surface area contributed by atoms with E-state index < -0.39 is 0 Å². The average Bonchev–Trinajstić information content (AvgIpc) is 3.09. The van der Waals surface area contributed by atoms with Crippen LogP contribution in [-0.2, 0) is 6.42 Å². The van der Waals surface area contributed by atoms with Crippen LogP contribution in [0, 0.1) is 0 Å². The summed E-state index contributed by atoms with van der Waals surface area (Å²) in [4.78, 5) is 14.7. The third kappa shape index (κ3) is 2.78. The second kappa shape index (κ2) is 6.49. The first-order valence-electron chi connectivity index (χ1n) is 7.47. The maximum absolute atomic E-state index is 12.7. The van der Waals surface area contributed by atoms with Crippen molar-refractivity contribution in [3.63, 3.8) is 0 Å². The highest BCUT2D eigenvalue weighted by atomic mass is 35.5. The third-order valence-corrected chi connectivity index (χ3v) is 4.43. The largest absolute Gasteiger partial charge is 0.384 e. The number of benzene rings is 1. The van der Waals surface area contributed by atoms with Crippen LogP contribution < -0.4 is 5.32 Å². The van der Waals surface area contributed by atoms with Crippen LogP contribution in [0.15, 0.2) is 18.2 Å². The number of rotatable bonds is 3. The molecule has 0 spiro atoms. The number of amides is 1. The molecule has 1 saturated carbocycles. The van der Waals surface area contributed by atoms with Crippen LogP contribution in [-0.4, -0.2) is 29.9 Å². The van der Waals surface area contributed by atoms with Crippen molar-refractivity contribution in [3.8, 4) is 0 Å². The zero-order chi connectivity index (χ0) is 13.2. The van der Waals surface area contributed by atoms with Gasteiger partial charge in [-0.25, -0.2) is 0 Å². The lowest BCUT2D eigenvalue weighted by molar-refractivity contribution is 0.0693. The van der Waals surface area contributed by atoms with Crippen molar-refractivity contribution in [1.29, 1.82) is 0 Å². The molecule has 0 radical (unpaired) electrons. The molecule has 1 aliphatic carbocycles. The molecule has 1 amide bonds. The predicted octanol–water partition coefficient (Wildman–Crippen LogP) is 3.48. The second-order valence-electron chi connectivity index (χ2n) is 5.58. The summed E-state index contributed by atoms with van der Waals surface area (Å²) in [6.45, 7) is 3.90. The highest BCUT2D eigenvalue weighted by Gasteiger charge is 2.26. The van der Waals surface area contributed by atoms with E-state index in [0.717, 1.165) is 25.1 Å². The summed E-state index contributed by atoms with van der Waals surface area (Å²) in [5, 5.41) is 3.34. The van der Waals surface area contributed by atoms with Crippen LogP contribution in [0.5, 0.6) is 0 Å². The number of hydrogen-bond donors (Lipinski definition) is 1. The van der Waals surface area contributed by atoms with E-state index in [4.69, 9.17) is 0 Å². The first-order chi connectivity index (χ1) is 9.29. The second-order valence-corrected chi connectivity index (χ2v) is 5.58. The van der Waals surface area contributed by atoms with E-state index in [1.54, 1.807) is 0 Å². The SMILES string of the molecule is CCN(C(=O)c1ccc2c(c1)CCN2)C1CCCC1.Cl. The molecule has 0 aromatic heterocycles. The Morgan fingerprint density at radius 2 is 2.10 bits per heavy atom. The Labute approximate surface area is 127 Å². The zero-order valence-corrected chi connectivity index (χ0v) is 12.8. The smallest absolute Gasteiger partial charge is 0.254 e. The normalized spacial score (nSPS) is 17.2. The van der Waals surface area contributed by atoms with Gasteiger partial charge in [-0.15, -0.1) is 12.4 Å². The Hall–Kier alpha value is -1.22. The molecule has 1 heterocycles. The predicted molar refractivity (Wildman–Crippen MR) is 84.9 cm³/mol. The van der Waals surface area contributed by atoms with Gasteiger partial charge in [-0.05, 0) is 49.9 Å². The van der Waals surface area contributed by atoms with Crippen LogP contribution in [0.3, 0.4) is 0 Å². The molecule has 3 rings (SSSR count). The van der Waals surface area contributed by atoms with Gasteiger partial charge in [0.05, 0.1) is 0 Å². The summed E-state index contributed by atoms with van der Waals surface area (Å²) in [5.74, 6) is 0.212. The van der Waals surface area contributed by atoms with Crippen molar-refractivity contribution in [2.24, 2.45) is 0 Å². The van der Waals surface area contributed by atoms with Crippen molar-refractivity contribution in [3.05, 3.63) is 29.3 Å². The van der Waals surface area contributed by atoms with Gasteiger partial charge < -0.3 is 10.2 Å². The minimum absolute atomic E-state index is 0. The first kappa shape index (κ1) is 15.2. The van der Waals surface area contributed by atoms with Crippen LogP contribution in [0.4, 0.5) is 5.69 Å². The summed E-state index contributed by atoms with van der Waals surface area (Å²) in [6, 6.07) is 6.56. The van der Waals surface area contributed by atoms with E-state index in [-0.39, 0.29) is 18.3 Å². The molecule has 20 heavy (non-hydrogen) atoms. The van der Waals surface area contributed by atoms with E-state index in [2.05, 4.69) is 29.3 Å². The van der Waals surface area contributed by atoms with E-state index in [9.17, 15) is 4.79 Å².